The van der Waals surface area contributed by atoms with Crippen molar-refractivity contribution in [1.82, 2.24) is 10.2 Å². The minimum Gasteiger partial charge on any atom is -0.497 e. The van der Waals surface area contributed by atoms with Gasteiger partial charge in [-0.2, -0.15) is 5.26 Å². The topological polar surface area (TPSA) is 65.3 Å². The maximum Gasteiger partial charge on any atom is 0.187 e. The molecule has 1 aliphatic rings. The SMILES string of the molecule is COc1ccc(N2CCN(c3c(C#N)nnc4ccc(C)cc34)CC2)cc1. The molecule has 1 aliphatic heterocycles. The fraction of sp³-hybridized carbons (Fsp3) is 0.286. The molecule has 1 fully saturated rings. The number of hydrogen-bond acceptors (Lipinski definition) is 6. The van der Waals surface area contributed by atoms with Gasteiger partial charge in [0.25, 0.3) is 0 Å². The van der Waals surface area contributed by atoms with Crippen LogP contribution >= 0.6 is 0 Å². The van der Waals surface area contributed by atoms with Crippen molar-refractivity contribution in [3.8, 4) is 11.8 Å². The van der Waals surface area contributed by atoms with Crippen molar-refractivity contribution < 1.29 is 4.74 Å². The van der Waals surface area contributed by atoms with Gasteiger partial charge < -0.3 is 14.5 Å². The van der Waals surface area contributed by atoms with Gasteiger partial charge in [0.1, 0.15) is 11.8 Å². The molecule has 6 nitrogen and oxygen atoms in total. The van der Waals surface area contributed by atoms with Crippen LogP contribution in [0.25, 0.3) is 10.9 Å². The Morgan fingerprint density at radius 2 is 1.67 bits per heavy atom. The molecule has 2 aromatic carbocycles. The highest BCUT2D eigenvalue weighted by Crippen LogP contribution is 2.30. The Labute approximate surface area is 158 Å². The largest absolute Gasteiger partial charge is 0.497 e. The van der Waals surface area contributed by atoms with Crippen LogP contribution in [0.1, 0.15) is 11.3 Å². The van der Waals surface area contributed by atoms with Gasteiger partial charge in [-0.05, 0) is 43.3 Å². The van der Waals surface area contributed by atoms with Crippen molar-refractivity contribution in [2.75, 3.05) is 43.1 Å². The van der Waals surface area contributed by atoms with E-state index in [-0.39, 0.29) is 0 Å². The minimum atomic E-state index is 0.394. The van der Waals surface area contributed by atoms with Crippen molar-refractivity contribution in [2.24, 2.45) is 0 Å². The van der Waals surface area contributed by atoms with Crippen molar-refractivity contribution in [3.05, 3.63) is 53.7 Å². The average molecular weight is 359 g/mol. The zero-order valence-corrected chi connectivity index (χ0v) is 15.5. The molecule has 1 aromatic heterocycles. The maximum atomic E-state index is 9.56. The van der Waals surface area contributed by atoms with Crippen LogP contribution in [-0.4, -0.2) is 43.5 Å². The quantitative estimate of drug-likeness (QED) is 0.716. The van der Waals surface area contributed by atoms with E-state index in [1.807, 2.05) is 24.3 Å². The molecule has 6 heteroatoms. The Morgan fingerprint density at radius 3 is 2.33 bits per heavy atom. The smallest absolute Gasteiger partial charge is 0.187 e. The van der Waals surface area contributed by atoms with Gasteiger partial charge in [0.15, 0.2) is 5.69 Å². The van der Waals surface area contributed by atoms with Crippen LogP contribution in [-0.2, 0) is 0 Å². The van der Waals surface area contributed by atoms with Gasteiger partial charge in [0.05, 0.1) is 18.3 Å². The molecule has 0 aliphatic carbocycles. The Bertz CT molecular complexity index is 1000. The summed E-state index contributed by atoms with van der Waals surface area (Å²) < 4.78 is 5.24. The zero-order valence-electron chi connectivity index (χ0n) is 15.5. The summed E-state index contributed by atoms with van der Waals surface area (Å²) in [5.41, 5.74) is 4.46. The van der Waals surface area contributed by atoms with E-state index >= 15 is 0 Å². The molecular formula is C21H21N5O. The number of benzene rings is 2. The van der Waals surface area contributed by atoms with Gasteiger partial charge in [-0.25, -0.2) is 0 Å². The van der Waals surface area contributed by atoms with Gasteiger partial charge >= 0.3 is 0 Å². The van der Waals surface area contributed by atoms with Gasteiger partial charge in [-0.3, -0.25) is 0 Å². The van der Waals surface area contributed by atoms with Crippen LogP contribution in [0.2, 0.25) is 0 Å². The third-order valence-corrected chi connectivity index (χ3v) is 5.03. The molecule has 27 heavy (non-hydrogen) atoms. The highest BCUT2D eigenvalue weighted by Gasteiger charge is 2.23. The summed E-state index contributed by atoms with van der Waals surface area (Å²) in [5, 5.41) is 18.9. The molecule has 0 saturated carbocycles. The number of aryl methyl sites for hydroxylation is 1. The van der Waals surface area contributed by atoms with E-state index in [2.05, 4.69) is 51.2 Å². The van der Waals surface area contributed by atoms with E-state index in [0.717, 1.165) is 54.1 Å². The molecule has 0 atom stereocenters. The number of nitriles is 1. The fourth-order valence-electron chi connectivity index (χ4n) is 3.58. The molecule has 2 heterocycles. The molecule has 0 spiro atoms. The highest BCUT2D eigenvalue weighted by atomic mass is 16.5. The third-order valence-electron chi connectivity index (χ3n) is 5.03. The lowest BCUT2D eigenvalue weighted by atomic mass is 10.1. The van der Waals surface area contributed by atoms with Crippen molar-refractivity contribution in [3.63, 3.8) is 0 Å². The molecule has 4 rings (SSSR count). The lowest BCUT2D eigenvalue weighted by Crippen LogP contribution is -2.47. The summed E-state index contributed by atoms with van der Waals surface area (Å²) in [7, 11) is 1.68. The van der Waals surface area contributed by atoms with E-state index in [1.54, 1.807) is 7.11 Å². The summed E-state index contributed by atoms with van der Waals surface area (Å²) >= 11 is 0. The van der Waals surface area contributed by atoms with Gasteiger partial charge in [0.2, 0.25) is 0 Å². The van der Waals surface area contributed by atoms with E-state index in [1.165, 1.54) is 5.69 Å². The number of fused-ring (bicyclic) bond motifs is 1. The second-order valence-electron chi connectivity index (χ2n) is 6.70. The standard InChI is InChI=1S/C21H21N5O/c1-15-3-8-19-18(13-15)21(20(14-22)24-23-19)26-11-9-25(10-12-26)16-4-6-17(27-2)7-5-16/h3-8,13H,9-12H2,1-2H3. The summed E-state index contributed by atoms with van der Waals surface area (Å²) in [5.74, 6) is 0.862. The molecule has 0 amide bonds. The van der Waals surface area contributed by atoms with Crippen molar-refractivity contribution >= 4 is 22.3 Å². The summed E-state index contributed by atoms with van der Waals surface area (Å²) in [4.78, 5) is 4.61. The number of rotatable bonds is 3. The molecule has 0 radical (unpaired) electrons. The summed E-state index contributed by atoms with van der Waals surface area (Å²) in [6.45, 7) is 5.47. The number of anilines is 2. The van der Waals surface area contributed by atoms with E-state index in [0.29, 0.717) is 5.69 Å². The van der Waals surface area contributed by atoms with Crippen molar-refractivity contribution in [1.29, 1.82) is 5.26 Å². The Kier molecular flexibility index (Phi) is 4.51. The monoisotopic (exact) mass is 359 g/mol. The first-order chi connectivity index (χ1) is 13.2. The first-order valence-electron chi connectivity index (χ1n) is 9.00. The number of piperazine rings is 1. The molecule has 136 valence electrons. The molecular weight excluding hydrogens is 338 g/mol. The fourth-order valence-corrected chi connectivity index (χ4v) is 3.58. The van der Waals surface area contributed by atoms with Crippen LogP contribution in [0.15, 0.2) is 42.5 Å². The Hall–Kier alpha value is -3.33. The summed E-state index contributed by atoms with van der Waals surface area (Å²) in [6.07, 6.45) is 0. The van der Waals surface area contributed by atoms with Crippen LogP contribution in [0.4, 0.5) is 11.4 Å². The average Bonchev–Trinajstić information content (AvgIpc) is 2.73. The second-order valence-corrected chi connectivity index (χ2v) is 6.70. The maximum absolute atomic E-state index is 9.56. The Balaban J connectivity index is 1.61. The lowest BCUT2D eigenvalue weighted by molar-refractivity contribution is 0.415. The molecule has 0 bridgehead atoms. The number of aromatic nitrogens is 2. The number of nitrogens with zero attached hydrogens (tertiary/aromatic N) is 5. The van der Waals surface area contributed by atoms with Crippen LogP contribution in [0.3, 0.4) is 0 Å². The lowest BCUT2D eigenvalue weighted by Gasteiger charge is -2.37. The van der Waals surface area contributed by atoms with Crippen molar-refractivity contribution in [2.45, 2.75) is 6.92 Å². The predicted molar refractivity (Wildman–Crippen MR) is 106 cm³/mol. The molecule has 0 N–H and O–H groups in total. The van der Waals surface area contributed by atoms with Gasteiger partial charge in [-0.1, -0.05) is 11.6 Å². The molecule has 0 unspecified atom stereocenters. The second kappa shape index (κ2) is 7.12. The van der Waals surface area contributed by atoms with E-state index < -0.39 is 0 Å². The first-order valence-corrected chi connectivity index (χ1v) is 9.00. The van der Waals surface area contributed by atoms with Crippen LogP contribution < -0.4 is 14.5 Å². The number of ether oxygens (including phenoxy) is 1. The molecule has 3 aromatic rings. The zero-order chi connectivity index (χ0) is 18.8. The van der Waals surface area contributed by atoms with Crippen LogP contribution in [0, 0.1) is 18.3 Å². The highest BCUT2D eigenvalue weighted by molar-refractivity contribution is 5.94. The Morgan fingerprint density at radius 1 is 0.963 bits per heavy atom. The minimum absolute atomic E-state index is 0.394. The summed E-state index contributed by atoms with van der Waals surface area (Å²) in [6, 6.07) is 16.4. The van der Waals surface area contributed by atoms with E-state index in [4.69, 9.17) is 4.74 Å². The van der Waals surface area contributed by atoms with Gasteiger partial charge in [-0.15, -0.1) is 10.2 Å². The number of hydrogen-bond donors (Lipinski definition) is 0. The van der Waals surface area contributed by atoms with E-state index in [9.17, 15) is 5.26 Å². The van der Waals surface area contributed by atoms with Crippen LogP contribution in [0.5, 0.6) is 5.75 Å². The normalized spacial score (nSPS) is 14.3. The third kappa shape index (κ3) is 3.24. The number of methoxy groups -OCH3 is 1. The predicted octanol–water partition coefficient (Wildman–Crippen LogP) is 3.15. The first kappa shape index (κ1) is 17.1. The molecule has 1 saturated heterocycles. The van der Waals surface area contributed by atoms with Gasteiger partial charge in [0, 0.05) is 37.3 Å².